The molecule has 0 radical (unpaired) electrons. The molecule has 1 aromatic heterocycles. The largest absolute Gasteiger partial charge is 0.414 e. The predicted molar refractivity (Wildman–Crippen MR) is 103 cm³/mol. The highest BCUT2D eigenvalue weighted by atomic mass is 35.5. The first-order valence-corrected chi connectivity index (χ1v) is 9.41. The summed E-state index contributed by atoms with van der Waals surface area (Å²) < 4.78 is 19.1. The Morgan fingerprint density at radius 2 is 1.89 bits per heavy atom. The number of thioether (sulfide) groups is 1. The first kappa shape index (κ1) is 19.8. The highest BCUT2D eigenvalue weighted by molar-refractivity contribution is 7.99. The quantitative estimate of drug-likeness (QED) is 0.567. The van der Waals surface area contributed by atoms with Gasteiger partial charge in [0.1, 0.15) is 5.82 Å². The molecule has 2 aromatic carbocycles. The lowest BCUT2D eigenvalue weighted by atomic mass is 10.2. The van der Waals surface area contributed by atoms with Crippen molar-refractivity contribution in [1.29, 1.82) is 0 Å². The average molecular weight is 421 g/mol. The molecule has 2 amide bonds. The maximum atomic E-state index is 13.7. The Balaban J connectivity index is 1.49. The van der Waals surface area contributed by atoms with Crippen LogP contribution in [-0.2, 0) is 11.3 Å². The smallest absolute Gasteiger partial charge is 0.277 e. The number of rotatable bonds is 7. The van der Waals surface area contributed by atoms with Gasteiger partial charge in [-0.2, -0.15) is 0 Å². The van der Waals surface area contributed by atoms with E-state index in [1.54, 1.807) is 12.1 Å². The molecule has 28 heavy (non-hydrogen) atoms. The molecule has 0 spiro atoms. The van der Waals surface area contributed by atoms with Crippen molar-refractivity contribution in [2.45, 2.75) is 11.8 Å². The Morgan fingerprint density at radius 3 is 2.64 bits per heavy atom. The van der Waals surface area contributed by atoms with Gasteiger partial charge < -0.3 is 15.1 Å². The minimum atomic E-state index is -0.726. The van der Waals surface area contributed by atoms with Crippen molar-refractivity contribution in [3.63, 3.8) is 0 Å². The summed E-state index contributed by atoms with van der Waals surface area (Å²) >= 11 is 6.90. The van der Waals surface area contributed by atoms with E-state index in [-0.39, 0.29) is 39.9 Å². The Hall–Kier alpha value is -2.91. The van der Waals surface area contributed by atoms with E-state index in [9.17, 15) is 14.0 Å². The lowest BCUT2D eigenvalue weighted by molar-refractivity contribution is -0.113. The van der Waals surface area contributed by atoms with Gasteiger partial charge in [0.05, 0.1) is 22.9 Å². The fraction of sp³-hybridized carbons (Fsp3) is 0.111. The Morgan fingerprint density at radius 1 is 1.11 bits per heavy atom. The molecular formula is C18H14ClFN4O3S. The molecule has 0 atom stereocenters. The van der Waals surface area contributed by atoms with Gasteiger partial charge in [-0.1, -0.05) is 47.6 Å². The van der Waals surface area contributed by atoms with Crippen LogP contribution in [0.5, 0.6) is 0 Å². The molecule has 3 rings (SSSR count). The van der Waals surface area contributed by atoms with Crippen LogP contribution in [0.15, 0.2) is 58.2 Å². The third kappa shape index (κ3) is 5.30. The van der Waals surface area contributed by atoms with Crippen molar-refractivity contribution in [3.05, 3.63) is 70.8 Å². The molecule has 144 valence electrons. The number of aromatic nitrogens is 2. The standard InChI is InChI=1S/C18H14ClFN4O3S/c19-12-7-4-8-13(20)16(12)17(26)21-9-15-23-24-18(27-15)28-10-14(25)22-11-5-2-1-3-6-11/h1-8H,9-10H2,(H,21,26)(H,22,25). The van der Waals surface area contributed by atoms with Crippen LogP contribution in [0, 0.1) is 5.82 Å². The monoisotopic (exact) mass is 420 g/mol. The van der Waals surface area contributed by atoms with Gasteiger partial charge in [0, 0.05) is 5.69 Å². The molecule has 0 aliphatic heterocycles. The fourth-order valence-corrected chi connectivity index (χ4v) is 3.00. The van der Waals surface area contributed by atoms with Crippen LogP contribution in [-0.4, -0.2) is 27.8 Å². The number of para-hydroxylation sites is 1. The van der Waals surface area contributed by atoms with Gasteiger partial charge in [-0.25, -0.2) is 4.39 Å². The first-order chi connectivity index (χ1) is 13.5. The zero-order valence-corrected chi connectivity index (χ0v) is 15.9. The van der Waals surface area contributed by atoms with E-state index in [1.807, 2.05) is 18.2 Å². The van der Waals surface area contributed by atoms with Crippen LogP contribution in [0.2, 0.25) is 5.02 Å². The number of halogens is 2. The van der Waals surface area contributed by atoms with Crippen molar-refractivity contribution in [3.8, 4) is 0 Å². The van der Waals surface area contributed by atoms with E-state index in [0.717, 1.165) is 17.8 Å². The van der Waals surface area contributed by atoms with Crippen LogP contribution >= 0.6 is 23.4 Å². The highest BCUT2D eigenvalue weighted by Gasteiger charge is 2.17. The minimum absolute atomic E-state index is 0.00343. The molecule has 3 aromatic rings. The summed E-state index contributed by atoms with van der Waals surface area (Å²) in [6.45, 7) is -0.104. The number of amides is 2. The summed E-state index contributed by atoms with van der Waals surface area (Å²) in [6, 6.07) is 13.0. The van der Waals surface area contributed by atoms with E-state index in [0.29, 0.717) is 5.69 Å². The molecule has 0 aliphatic rings. The van der Waals surface area contributed by atoms with Gasteiger partial charge in [-0.3, -0.25) is 9.59 Å². The van der Waals surface area contributed by atoms with E-state index < -0.39 is 11.7 Å². The maximum Gasteiger partial charge on any atom is 0.277 e. The van der Waals surface area contributed by atoms with Crippen molar-refractivity contribution in [2.75, 3.05) is 11.1 Å². The minimum Gasteiger partial charge on any atom is -0.414 e. The van der Waals surface area contributed by atoms with E-state index in [2.05, 4.69) is 20.8 Å². The van der Waals surface area contributed by atoms with Gasteiger partial charge >= 0.3 is 0 Å². The summed E-state index contributed by atoms with van der Waals surface area (Å²) in [5, 5.41) is 12.9. The maximum absolute atomic E-state index is 13.7. The zero-order chi connectivity index (χ0) is 19.9. The summed E-state index contributed by atoms with van der Waals surface area (Å²) in [6.07, 6.45) is 0. The Bertz CT molecular complexity index is 964. The number of benzene rings is 2. The van der Waals surface area contributed by atoms with Crippen LogP contribution in [0.4, 0.5) is 10.1 Å². The molecule has 0 fully saturated rings. The molecule has 0 unspecified atom stereocenters. The zero-order valence-electron chi connectivity index (χ0n) is 14.3. The SMILES string of the molecule is O=C(CSc1nnc(CNC(=O)c2c(F)cccc2Cl)o1)Nc1ccccc1. The molecule has 2 N–H and O–H groups in total. The number of carbonyl (C=O) groups is 2. The highest BCUT2D eigenvalue weighted by Crippen LogP contribution is 2.19. The van der Waals surface area contributed by atoms with Crippen LogP contribution in [0.25, 0.3) is 0 Å². The average Bonchev–Trinajstić information content (AvgIpc) is 3.13. The van der Waals surface area contributed by atoms with Crippen LogP contribution in [0.3, 0.4) is 0 Å². The molecule has 7 nitrogen and oxygen atoms in total. The summed E-state index contributed by atoms with van der Waals surface area (Å²) in [5.74, 6) is -1.45. The molecule has 0 saturated heterocycles. The summed E-state index contributed by atoms with van der Waals surface area (Å²) in [4.78, 5) is 24.0. The third-order valence-corrected chi connectivity index (χ3v) is 4.56. The first-order valence-electron chi connectivity index (χ1n) is 8.05. The Kier molecular flexibility index (Phi) is 6.62. The van der Waals surface area contributed by atoms with E-state index in [1.165, 1.54) is 12.1 Å². The van der Waals surface area contributed by atoms with Crippen LogP contribution < -0.4 is 10.6 Å². The molecule has 1 heterocycles. The van der Waals surface area contributed by atoms with Crippen molar-refractivity contribution >= 4 is 40.9 Å². The number of nitrogens with one attached hydrogen (secondary N) is 2. The lowest BCUT2D eigenvalue weighted by Crippen LogP contribution is -2.24. The molecule has 0 saturated carbocycles. The van der Waals surface area contributed by atoms with E-state index >= 15 is 0 Å². The topological polar surface area (TPSA) is 97.1 Å². The van der Waals surface area contributed by atoms with Crippen molar-refractivity contribution in [2.24, 2.45) is 0 Å². The number of hydrogen-bond donors (Lipinski definition) is 2. The van der Waals surface area contributed by atoms with Crippen LogP contribution in [0.1, 0.15) is 16.2 Å². The predicted octanol–water partition coefficient (Wildman–Crippen LogP) is 3.52. The number of carbonyl (C=O) groups excluding carboxylic acids is 2. The molecule has 0 bridgehead atoms. The van der Waals surface area contributed by atoms with Gasteiger partial charge in [-0.15, -0.1) is 10.2 Å². The number of anilines is 1. The van der Waals surface area contributed by atoms with Crippen molar-refractivity contribution < 1.29 is 18.4 Å². The lowest BCUT2D eigenvalue weighted by Gasteiger charge is -2.05. The Labute approximate surface area is 168 Å². The second-order valence-electron chi connectivity index (χ2n) is 5.44. The number of hydrogen-bond acceptors (Lipinski definition) is 6. The molecule has 10 heteroatoms. The number of nitrogens with zero attached hydrogens (tertiary/aromatic N) is 2. The van der Waals surface area contributed by atoms with Gasteiger partial charge in [0.15, 0.2) is 0 Å². The summed E-state index contributed by atoms with van der Waals surface area (Å²) in [5.41, 5.74) is 0.435. The summed E-state index contributed by atoms with van der Waals surface area (Å²) in [7, 11) is 0. The fourth-order valence-electron chi connectivity index (χ4n) is 2.17. The second-order valence-corrected chi connectivity index (χ2v) is 6.78. The molecular weight excluding hydrogens is 407 g/mol. The normalized spacial score (nSPS) is 10.5. The molecule has 0 aliphatic carbocycles. The van der Waals surface area contributed by atoms with Gasteiger partial charge in [0.25, 0.3) is 11.1 Å². The van der Waals surface area contributed by atoms with E-state index in [4.69, 9.17) is 16.0 Å². The van der Waals surface area contributed by atoms with Crippen molar-refractivity contribution in [1.82, 2.24) is 15.5 Å². The van der Waals surface area contributed by atoms with Gasteiger partial charge in [0.2, 0.25) is 11.8 Å². The third-order valence-electron chi connectivity index (χ3n) is 3.42. The second kappa shape index (κ2) is 9.34. The van der Waals surface area contributed by atoms with Gasteiger partial charge in [-0.05, 0) is 24.3 Å².